The van der Waals surface area contributed by atoms with Crippen LogP contribution in [0.5, 0.6) is 0 Å². The van der Waals surface area contributed by atoms with Gasteiger partial charge in [-0.1, -0.05) is 42.5 Å². The molecular formula is C19H18FN3O2. The Hall–Kier alpha value is -3.02. The van der Waals surface area contributed by atoms with Gasteiger partial charge in [0.15, 0.2) is 0 Å². The molecule has 0 aromatic heterocycles. The second kappa shape index (κ2) is 6.84. The molecule has 0 spiro atoms. The SMILES string of the molecule is C[C@]1(CCc2ccccc2)NC(=O)N(/N=C\c2cccc(F)c2)C1=O. The molecule has 1 saturated heterocycles. The predicted molar refractivity (Wildman–Crippen MR) is 92.5 cm³/mol. The van der Waals surface area contributed by atoms with Crippen molar-refractivity contribution >= 4 is 18.2 Å². The normalized spacial score (nSPS) is 20.3. The highest BCUT2D eigenvalue weighted by Crippen LogP contribution is 2.23. The number of benzene rings is 2. The number of aryl methyl sites for hydroxylation is 1. The minimum atomic E-state index is -1.01. The van der Waals surface area contributed by atoms with Crippen molar-refractivity contribution in [3.8, 4) is 0 Å². The van der Waals surface area contributed by atoms with E-state index in [1.54, 1.807) is 13.0 Å². The van der Waals surface area contributed by atoms with E-state index in [0.717, 1.165) is 10.6 Å². The lowest BCUT2D eigenvalue weighted by Gasteiger charge is -2.20. The van der Waals surface area contributed by atoms with Crippen LogP contribution >= 0.6 is 0 Å². The number of urea groups is 1. The summed E-state index contributed by atoms with van der Waals surface area (Å²) in [6.45, 7) is 1.69. The Kier molecular flexibility index (Phi) is 4.61. The van der Waals surface area contributed by atoms with E-state index < -0.39 is 23.3 Å². The standard InChI is InChI=1S/C19H18FN3O2/c1-19(11-10-14-6-3-2-4-7-14)17(24)23(18(25)22-19)21-13-15-8-5-9-16(20)12-15/h2-9,12-13H,10-11H2,1H3,(H,22,25)/b21-13-/t19-/m1/s1. The Morgan fingerprint density at radius 3 is 2.64 bits per heavy atom. The Balaban J connectivity index is 1.70. The van der Waals surface area contributed by atoms with Gasteiger partial charge in [-0.05, 0) is 43.0 Å². The number of carbonyl (C=O) groups excluding carboxylic acids is 2. The molecule has 0 aliphatic carbocycles. The molecule has 5 nitrogen and oxygen atoms in total. The maximum atomic E-state index is 13.2. The highest BCUT2D eigenvalue weighted by Gasteiger charge is 2.47. The molecule has 6 heteroatoms. The van der Waals surface area contributed by atoms with Crippen LogP contribution in [0.15, 0.2) is 59.7 Å². The van der Waals surface area contributed by atoms with E-state index in [1.807, 2.05) is 30.3 Å². The lowest BCUT2D eigenvalue weighted by atomic mass is 9.93. The molecule has 3 rings (SSSR count). The highest BCUT2D eigenvalue weighted by atomic mass is 19.1. The average Bonchev–Trinajstić information content (AvgIpc) is 2.82. The van der Waals surface area contributed by atoms with Crippen molar-refractivity contribution < 1.29 is 14.0 Å². The lowest BCUT2D eigenvalue weighted by Crippen LogP contribution is -2.44. The molecule has 3 amide bonds. The largest absolute Gasteiger partial charge is 0.346 e. The van der Waals surface area contributed by atoms with Gasteiger partial charge in [-0.3, -0.25) is 4.79 Å². The van der Waals surface area contributed by atoms with E-state index in [9.17, 15) is 14.0 Å². The van der Waals surface area contributed by atoms with Crippen LogP contribution in [0.2, 0.25) is 0 Å². The molecule has 1 fully saturated rings. The zero-order valence-corrected chi connectivity index (χ0v) is 13.8. The van der Waals surface area contributed by atoms with Gasteiger partial charge in [0.25, 0.3) is 5.91 Å². The third-order valence-electron chi connectivity index (χ3n) is 4.17. The fourth-order valence-corrected chi connectivity index (χ4v) is 2.69. The summed E-state index contributed by atoms with van der Waals surface area (Å²) in [5, 5.41) is 7.43. The quantitative estimate of drug-likeness (QED) is 0.672. The van der Waals surface area contributed by atoms with Crippen molar-refractivity contribution in [2.75, 3.05) is 0 Å². The van der Waals surface area contributed by atoms with Crippen LogP contribution in [0, 0.1) is 5.82 Å². The summed E-state index contributed by atoms with van der Waals surface area (Å²) in [5.41, 5.74) is 0.553. The monoisotopic (exact) mass is 339 g/mol. The third-order valence-corrected chi connectivity index (χ3v) is 4.17. The predicted octanol–water partition coefficient (Wildman–Crippen LogP) is 3.10. The third kappa shape index (κ3) is 3.74. The maximum absolute atomic E-state index is 13.2. The molecule has 0 unspecified atom stereocenters. The fraction of sp³-hybridized carbons (Fsp3) is 0.211. The molecule has 1 atom stereocenters. The number of nitrogens with one attached hydrogen (secondary N) is 1. The summed E-state index contributed by atoms with van der Waals surface area (Å²) in [7, 11) is 0. The van der Waals surface area contributed by atoms with Crippen LogP contribution in [0.3, 0.4) is 0 Å². The average molecular weight is 339 g/mol. The topological polar surface area (TPSA) is 61.8 Å². The van der Waals surface area contributed by atoms with Gasteiger partial charge < -0.3 is 5.32 Å². The summed E-state index contributed by atoms with van der Waals surface area (Å²) in [6.07, 6.45) is 2.42. The Labute approximate surface area is 145 Å². The smallest absolute Gasteiger partial charge is 0.322 e. The van der Waals surface area contributed by atoms with E-state index in [1.165, 1.54) is 24.4 Å². The van der Waals surface area contributed by atoms with E-state index in [2.05, 4.69) is 10.4 Å². The van der Waals surface area contributed by atoms with E-state index >= 15 is 0 Å². The van der Waals surface area contributed by atoms with E-state index in [4.69, 9.17) is 0 Å². The number of hydrogen-bond acceptors (Lipinski definition) is 3. The first-order valence-electron chi connectivity index (χ1n) is 7.98. The van der Waals surface area contributed by atoms with Crippen molar-refractivity contribution in [1.29, 1.82) is 0 Å². The maximum Gasteiger partial charge on any atom is 0.346 e. The van der Waals surface area contributed by atoms with Crippen LogP contribution in [0.1, 0.15) is 24.5 Å². The first kappa shape index (κ1) is 16.8. The first-order chi connectivity index (χ1) is 12.0. The van der Waals surface area contributed by atoms with Crippen LogP contribution in [0.4, 0.5) is 9.18 Å². The van der Waals surface area contributed by atoms with Gasteiger partial charge in [0, 0.05) is 0 Å². The van der Waals surface area contributed by atoms with Crippen molar-refractivity contribution in [2.24, 2.45) is 5.10 Å². The molecule has 1 aliphatic heterocycles. The number of carbonyl (C=O) groups is 2. The second-order valence-electron chi connectivity index (χ2n) is 6.16. The molecule has 1 aliphatic rings. The molecule has 2 aromatic carbocycles. The molecular weight excluding hydrogens is 321 g/mol. The number of imide groups is 1. The second-order valence-corrected chi connectivity index (χ2v) is 6.16. The molecule has 1 N–H and O–H groups in total. The van der Waals surface area contributed by atoms with Gasteiger partial charge in [0.2, 0.25) is 0 Å². The van der Waals surface area contributed by atoms with Crippen molar-refractivity contribution in [3.05, 3.63) is 71.5 Å². The summed E-state index contributed by atoms with van der Waals surface area (Å²) >= 11 is 0. The molecule has 1 heterocycles. The van der Waals surface area contributed by atoms with Gasteiger partial charge in [-0.2, -0.15) is 5.10 Å². The summed E-state index contributed by atoms with van der Waals surface area (Å²) < 4.78 is 13.2. The van der Waals surface area contributed by atoms with Crippen molar-refractivity contribution in [2.45, 2.75) is 25.3 Å². The summed E-state index contributed by atoms with van der Waals surface area (Å²) in [5.74, 6) is -0.824. The summed E-state index contributed by atoms with van der Waals surface area (Å²) in [4.78, 5) is 24.7. The zero-order chi connectivity index (χ0) is 17.9. The van der Waals surface area contributed by atoms with E-state index in [-0.39, 0.29) is 0 Å². The first-order valence-corrected chi connectivity index (χ1v) is 7.98. The Morgan fingerprint density at radius 2 is 1.92 bits per heavy atom. The number of rotatable bonds is 5. The fourth-order valence-electron chi connectivity index (χ4n) is 2.69. The van der Waals surface area contributed by atoms with E-state index in [0.29, 0.717) is 18.4 Å². The van der Waals surface area contributed by atoms with Crippen molar-refractivity contribution in [1.82, 2.24) is 10.3 Å². The zero-order valence-electron chi connectivity index (χ0n) is 13.8. The van der Waals surface area contributed by atoms with Gasteiger partial charge in [0.05, 0.1) is 6.21 Å². The molecule has 25 heavy (non-hydrogen) atoms. The Morgan fingerprint density at radius 1 is 1.16 bits per heavy atom. The van der Waals surface area contributed by atoms with Gasteiger partial charge in [-0.25, -0.2) is 9.18 Å². The molecule has 2 aromatic rings. The Bertz CT molecular complexity index is 822. The number of hydrazone groups is 1. The number of amides is 3. The highest BCUT2D eigenvalue weighted by molar-refractivity contribution is 6.07. The number of nitrogens with zero attached hydrogens (tertiary/aromatic N) is 2. The van der Waals surface area contributed by atoms with Gasteiger partial charge in [0.1, 0.15) is 11.4 Å². The van der Waals surface area contributed by atoms with Crippen LogP contribution in [-0.4, -0.2) is 28.7 Å². The molecule has 0 radical (unpaired) electrons. The van der Waals surface area contributed by atoms with Crippen LogP contribution in [0.25, 0.3) is 0 Å². The van der Waals surface area contributed by atoms with Gasteiger partial charge in [-0.15, -0.1) is 5.01 Å². The van der Waals surface area contributed by atoms with Crippen LogP contribution < -0.4 is 5.32 Å². The summed E-state index contributed by atoms with van der Waals surface area (Å²) in [6, 6.07) is 14.9. The molecule has 0 bridgehead atoms. The molecule has 0 saturated carbocycles. The number of hydrogen-bond donors (Lipinski definition) is 1. The minimum absolute atomic E-state index is 0.408. The minimum Gasteiger partial charge on any atom is -0.322 e. The number of halogens is 1. The van der Waals surface area contributed by atoms with Crippen LogP contribution in [-0.2, 0) is 11.2 Å². The van der Waals surface area contributed by atoms with Crippen molar-refractivity contribution in [3.63, 3.8) is 0 Å². The molecule has 128 valence electrons. The lowest BCUT2D eigenvalue weighted by molar-refractivity contribution is -0.130. The van der Waals surface area contributed by atoms with Gasteiger partial charge >= 0.3 is 6.03 Å².